The van der Waals surface area contributed by atoms with Crippen molar-refractivity contribution < 1.29 is 0 Å². The second-order valence-corrected chi connectivity index (χ2v) is 4.04. The largest absolute Gasteiger partial charge is 0.153 e. The first-order chi connectivity index (χ1) is 6.92. The zero-order chi connectivity index (χ0) is 9.80. The third kappa shape index (κ3) is 2.01. The molecule has 0 aromatic heterocycles. The van der Waals surface area contributed by atoms with Crippen molar-refractivity contribution in [2.24, 2.45) is 0 Å². The Labute approximate surface area is 93.7 Å². The molecule has 2 heteroatoms. The number of benzene rings is 2. The van der Waals surface area contributed by atoms with Crippen LogP contribution in [0.4, 0.5) is 0 Å². The lowest BCUT2D eigenvalue weighted by Crippen LogP contribution is -2.14. The summed E-state index contributed by atoms with van der Waals surface area (Å²) in [5.41, 5.74) is 1.34. The Morgan fingerprint density at radius 1 is 1.00 bits per heavy atom. The van der Waals surface area contributed by atoms with Crippen molar-refractivity contribution in [2.45, 2.75) is 6.32 Å². The monoisotopic (exact) mass is 245 g/mol. The molecule has 1 radical (unpaired) electrons. The van der Waals surface area contributed by atoms with Gasteiger partial charge in [-0.15, -0.1) is 0 Å². The van der Waals surface area contributed by atoms with Gasteiger partial charge < -0.3 is 0 Å². The fourth-order valence-electron chi connectivity index (χ4n) is 1.64. The van der Waals surface area contributed by atoms with Crippen LogP contribution >= 0.6 is 15.9 Å². The van der Waals surface area contributed by atoms with Gasteiger partial charge >= 0.3 is 0 Å². The van der Waals surface area contributed by atoms with Crippen molar-refractivity contribution in [2.75, 3.05) is 5.33 Å². The Kier molecular flexibility index (Phi) is 3.25. The lowest BCUT2D eigenvalue weighted by molar-refractivity contribution is 1.51. The van der Waals surface area contributed by atoms with E-state index in [0.29, 0.717) is 0 Å². The normalized spacial score (nSPS) is 10.4. The average Bonchev–Trinajstić information content (AvgIpc) is 2.26. The molecule has 0 atom stereocenters. The van der Waals surface area contributed by atoms with Crippen LogP contribution in [0.3, 0.4) is 0 Å². The molecule has 0 spiro atoms. The zero-order valence-corrected chi connectivity index (χ0v) is 9.50. The summed E-state index contributed by atoms with van der Waals surface area (Å²) in [6, 6.07) is 14.9. The Morgan fingerprint density at radius 2 is 1.79 bits per heavy atom. The van der Waals surface area contributed by atoms with Crippen molar-refractivity contribution in [3.05, 3.63) is 42.5 Å². The van der Waals surface area contributed by atoms with E-state index in [1.807, 2.05) is 0 Å². The van der Waals surface area contributed by atoms with Crippen LogP contribution < -0.4 is 5.46 Å². The van der Waals surface area contributed by atoms with Crippen LogP contribution in [0, 0.1) is 0 Å². The SMILES string of the molecule is BrCC[B]c1cccc2ccccc12. The van der Waals surface area contributed by atoms with Gasteiger partial charge in [0.15, 0.2) is 7.28 Å². The second kappa shape index (κ2) is 4.65. The maximum absolute atomic E-state index is 3.44. The fraction of sp³-hybridized carbons (Fsp3) is 0.167. The van der Waals surface area contributed by atoms with Gasteiger partial charge in [-0.3, -0.25) is 0 Å². The average molecular weight is 246 g/mol. The Hall–Kier alpha value is -0.755. The molecule has 69 valence electrons. The number of hydrogen-bond acceptors (Lipinski definition) is 0. The molecule has 0 saturated heterocycles. The number of halogens is 1. The molecule has 0 nitrogen and oxygen atoms in total. The minimum Gasteiger partial charge on any atom is -0.0936 e. The first-order valence-corrected chi connectivity index (χ1v) is 5.91. The van der Waals surface area contributed by atoms with E-state index in [1.165, 1.54) is 16.2 Å². The minimum absolute atomic E-state index is 1.02. The Morgan fingerprint density at radius 3 is 2.64 bits per heavy atom. The van der Waals surface area contributed by atoms with Crippen LogP contribution in [0.25, 0.3) is 10.8 Å². The van der Waals surface area contributed by atoms with E-state index in [0.717, 1.165) is 11.7 Å². The van der Waals surface area contributed by atoms with Crippen molar-refractivity contribution in [1.29, 1.82) is 0 Å². The molecule has 2 rings (SSSR count). The van der Waals surface area contributed by atoms with Gasteiger partial charge in [-0.1, -0.05) is 70.2 Å². The molecular weight excluding hydrogens is 235 g/mol. The van der Waals surface area contributed by atoms with Gasteiger partial charge in [0.25, 0.3) is 0 Å². The summed E-state index contributed by atoms with van der Waals surface area (Å²) < 4.78 is 0. The fourth-order valence-corrected chi connectivity index (χ4v) is 1.87. The molecule has 0 aliphatic rings. The number of alkyl halides is 1. The highest BCUT2D eigenvalue weighted by molar-refractivity contribution is 9.09. The zero-order valence-electron chi connectivity index (χ0n) is 7.91. The van der Waals surface area contributed by atoms with Crippen LogP contribution in [0.5, 0.6) is 0 Å². The van der Waals surface area contributed by atoms with Gasteiger partial charge in [0.1, 0.15) is 0 Å². The molecule has 0 aliphatic heterocycles. The van der Waals surface area contributed by atoms with Gasteiger partial charge in [-0.2, -0.15) is 0 Å². The summed E-state index contributed by atoms with van der Waals surface area (Å²) in [6.45, 7) is 0. The number of rotatable bonds is 3. The van der Waals surface area contributed by atoms with E-state index in [-0.39, 0.29) is 0 Å². The van der Waals surface area contributed by atoms with E-state index in [2.05, 4.69) is 65.7 Å². The van der Waals surface area contributed by atoms with Crippen molar-refractivity contribution in [1.82, 2.24) is 0 Å². The molecule has 0 amide bonds. The van der Waals surface area contributed by atoms with E-state index in [4.69, 9.17) is 0 Å². The third-order valence-corrected chi connectivity index (χ3v) is 2.75. The Balaban J connectivity index is 2.43. The molecular formula is C12H11BBr. The summed E-state index contributed by atoms with van der Waals surface area (Å²) in [5, 5.41) is 3.68. The Bertz CT molecular complexity index is 420. The molecule has 2 aromatic rings. The van der Waals surface area contributed by atoms with Crippen LogP contribution in [-0.2, 0) is 0 Å². The van der Waals surface area contributed by atoms with Crippen LogP contribution in [0.2, 0.25) is 6.32 Å². The van der Waals surface area contributed by atoms with E-state index < -0.39 is 0 Å². The van der Waals surface area contributed by atoms with Crippen molar-refractivity contribution in [3.63, 3.8) is 0 Å². The van der Waals surface area contributed by atoms with Gasteiger partial charge in [0.2, 0.25) is 0 Å². The van der Waals surface area contributed by atoms with Crippen molar-refractivity contribution >= 4 is 39.4 Å². The first kappa shape index (κ1) is 9.79. The molecule has 0 saturated carbocycles. The summed E-state index contributed by atoms with van der Waals surface area (Å²) in [7, 11) is 2.27. The van der Waals surface area contributed by atoms with E-state index in [9.17, 15) is 0 Å². The van der Waals surface area contributed by atoms with Crippen molar-refractivity contribution in [3.8, 4) is 0 Å². The first-order valence-electron chi connectivity index (χ1n) is 4.79. The minimum atomic E-state index is 1.02. The molecule has 0 N–H and O–H groups in total. The molecule has 0 aliphatic carbocycles. The van der Waals surface area contributed by atoms with E-state index in [1.54, 1.807) is 0 Å². The summed E-state index contributed by atoms with van der Waals surface area (Å²) in [5.74, 6) is 0. The molecule has 0 unspecified atom stereocenters. The molecule has 2 aromatic carbocycles. The summed E-state index contributed by atoms with van der Waals surface area (Å²) >= 11 is 3.44. The highest BCUT2D eigenvalue weighted by atomic mass is 79.9. The lowest BCUT2D eigenvalue weighted by Gasteiger charge is -2.03. The molecule has 0 bridgehead atoms. The van der Waals surface area contributed by atoms with Gasteiger partial charge in [-0.05, 0) is 16.1 Å². The van der Waals surface area contributed by atoms with Gasteiger partial charge in [0.05, 0.1) is 0 Å². The summed E-state index contributed by atoms with van der Waals surface area (Å²) in [6.07, 6.45) is 1.08. The molecule has 0 fully saturated rings. The smallest absolute Gasteiger partial charge is 0.0936 e. The van der Waals surface area contributed by atoms with E-state index >= 15 is 0 Å². The highest BCUT2D eigenvalue weighted by Crippen LogP contribution is 2.10. The van der Waals surface area contributed by atoms with Crippen LogP contribution in [0.1, 0.15) is 0 Å². The second-order valence-electron chi connectivity index (χ2n) is 3.25. The molecule has 0 heterocycles. The maximum atomic E-state index is 3.44. The lowest BCUT2D eigenvalue weighted by atomic mass is 9.66. The van der Waals surface area contributed by atoms with Gasteiger partial charge in [-0.25, -0.2) is 0 Å². The maximum Gasteiger partial charge on any atom is 0.153 e. The predicted molar refractivity (Wildman–Crippen MR) is 67.9 cm³/mol. The summed E-state index contributed by atoms with van der Waals surface area (Å²) in [4.78, 5) is 0. The highest BCUT2D eigenvalue weighted by Gasteiger charge is 1.99. The molecule has 14 heavy (non-hydrogen) atoms. The number of fused-ring (bicyclic) bond motifs is 1. The predicted octanol–water partition coefficient (Wildman–Crippen LogP) is 2.98. The topological polar surface area (TPSA) is 0 Å². The number of hydrogen-bond donors (Lipinski definition) is 0. The quantitative estimate of drug-likeness (QED) is 0.576. The van der Waals surface area contributed by atoms with Gasteiger partial charge in [0, 0.05) is 0 Å². The van der Waals surface area contributed by atoms with Crippen LogP contribution in [-0.4, -0.2) is 12.6 Å². The standard InChI is InChI=1S/C12H11BBr/c14-9-8-13-12-7-3-5-10-4-1-2-6-11(10)12/h1-7H,8-9H2. The van der Waals surface area contributed by atoms with Crippen LogP contribution in [0.15, 0.2) is 42.5 Å². The third-order valence-electron chi connectivity index (χ3n) is 2.30.